The molecule has 1 saturated carbocycles. The lowest BCUT2D eigenvalue weighted by atomic mass is 9.55. The van der Waals surface area contributed by atoms with Crippen molar-refractivity contribution in [1.82, 2.24) is 0 Å². The molecule has 19 heavy (non-hydrogen) atoms. The molecule has 2 N–H and O–H groups in total. The monoisotopic (exact) mass is 274 g/mol. The fourth-order valence-corrected chi connectivity index (χ4v) is 2.90. The Bertz CT molecular complexity index is 464. The maximum Gasteiger partial charge on any atom is 0.296 e. The van der Waals surface area contributed by atoms with Gasteiger partial charge in [0.1, 0.15) is 18.5 Å². The molecule has 106 valence electrons. The molecule has 0 aromatic heterocycles. The summed E-state index contributed by atoms with van der Waals surface area (Å²) in [7, 11) is 0. The van der Waals surface area contributed by atoms with Gasteiger partial charge in [0.25, 0.3) is 5.92 Å². The maximum absolute atomic E-state index is 13.8. The number of aliphatic hydroxyl groups is 2. The van der Waals surface area contributed by atoms with Crippen molar-refractivity contribution < 1.29 is 23.4 Å². The second-order valence-electron chi connectivity index (χ2n) is 5.41. The third kappa shape index (κ3) is 2.25. The van der Waals surface area contributed by atoms with E-state index in [4.69, 9.17) is 5.11 Å². The summed E-state index contributed by atoms with van der Waals surface area (Å²) in [5.41, 5.74) is -0.470. The summed E-state index contributed by atoms with van der Waals surface area (Å²) in [5.74, 6) is -4.77. The average molecular weight is 274 g/mol. The normalized spacial score (nSPS) is 28.8. The van der Waals surface area contributed by atoms with Crippen molar-refractivity contribution in [2.75, 3.05) is 6.61 Å². The van der Waals surface area contributed by atoms with E-state index in [-0.39, 0.29) is 0 Å². The molecule has 1 aromatic rings. The first-order valence-corrected chi connectivity index (χ1v) is 6.24. The quantitative estimate of drug-likeness (QED) is 0.885. The molecule has 2 nitrogen and oxygen atoms in total. The van der Waals surface area contributed by atoms with Gasteiger partial charge in [-0.3, -0.25) is 0 Å². The molecule has 0 saturated heterocycles. The highest BCUT2D eigenvalue weighted by Gasteiger charge is 2.55. The van der Waals surface area contributed by atoms with Gasteiger partial charge in [-0.1, -0.05) is 25.1 Å². The molecule has 2 rings (SSSR count). The molecular weight excluding hydrogens is 257 g/mol. The van der Waals surface area contributed by atoms with E-state index in [0.717, 1.165) is 0 Å². The van der Waals surface area contributed by atoms with Crippen molar-refractivity contribution in [3.05, 3.63) is 35.6 Å². The van der Waals surface area contributed by atoms with Gasteiger partial charge in [-0.05, 0) is 24.5 Å². The molecule has 0 bridgehead atoms. The Hall–Kier alpha value is -1.07. The summed E-state index contributed by atoms with van der Waals surface area (Å²) >= 11 is 0. The molecule has 0 amide bonds. The first-order valence-electron chi connectivity index (χ1n) is 6.24. The smallest absolute Gasteiger partial charge is 0.296 e. The van der Waals surface area contributed by atoms with Crippen LogP contribution in [0.3, 0.4) is 0 Å². The lowest BCUT2D eigenvalue weighted by Crippen LogP contribution is -2.55. The van der Waals surface area contributed by atoms with E-state index < -0.39 is 35.8 Å². The van der Waals surface area contributed by atoms with Crippen molar-refractivity contribution in [3.63, 3.8) is 0 Å². The minimum atomic E-state index is -3.56. The topological polar surface area (TPSA) is 40.5 Å². The van der Waals surface area contributed by atoms with Crippen molar-refractivity contribution in [2.45, 2.75) is 37.2 Å². The van der Waals surface area contributed by atoms with Gasteiger partial charge in [0.15, 0.2) is 0 Å². The van der Waals surface area contributed by atoms with Crippen molar-refractivity contribution in [1.29, 1.82) is 0 Å². The highest BCUT2D eigenvalue weighted by atomic mass is 19.3. The summed E-state index contributed by atoms with van der Waals surface area (Å²) in [6.07, 6.45) is -1.03. The standard InChI is InChI=1S/C14H17F3O2/c1-13(9-4-2-3-5-11(9)15)7-6-10(13)12(19)14(16,17)8-18/h2-5,10,12,18-19H,6-8H2,1H3. The number of rotatable bonds is 4. The van der Waals surface area contributed by atoms with Crippen LogP contribution in [-0.2, 0) is 5.41 Å². The number of hydrogen-bond acceptors (Lipinski definition) is 2. The van der Waals surface area contributed by atoms with E-state index >= 15 is 0 Å². The summed E-state index contributed by atoms with van der Waals surface area (Å²) in [6, 6.07) is 6.03. The zero-order valence-electron chi connectivity index (χ0n) is 10.6. The fraction of sp³-hybridized carbons (Fsp3) is 0.571. The second kappa shape index (κ2) is 4.80. The van der Waals surface area contributed by atoms with Crippen LogP contribution in [-0.4, -0.2) is 28.8 Å². The van der Waals surface area contributed by atoms with Crippen molar-refractivity contribution in [3.8, 4) is 0 Å². The zero-order valence-corrected chi connectivity index (χ0v) is 10.6. The van der Waals surface area contributed by atoms with Gasteiger partial charge in [0.2, 0.25) is 0 Å². The highest BCUT2D eigenvalue weighted by molar-refractivity contribution is 5.31. The lowest BCUT2D eigenvalue weighted by molar-refractivity contribution is -0.180. The summed E-state index contributed by atoms with van der Waals surface area (Å²) in [6.45, 7) is 0.272. The van der Waals surface area contributed by atoms with Gasteiger partial charge in [-0.25, -0.2) is 13.2 Å². The minimum absolute atomic E-state index is 0.346. The molecule has 5 heteroatoms. The van der Waals surface area contributed by atoms with Crippen molar-refractivity contribution >= 4 is 0 Å². The predicted molar refractivity (Wildman–Crippen MR) is 64.5 cm³/mol. The van der Waals surface area contributed by atoms with Crippen LogP contribution in [0.2, 0.25) is 0 Å². The van der Waals surface area contributed by atoms with Gasteiger partial charge >= 0.3 is 0 Å². The van der Waals surface area contributed by atoms with Crippen LogP contribution in [0.1, 0.15) is 25.3 Å². The summed E-state index contributed by atoms with van der Waals surface area (Å²) in [5, 5.41) is 18.4. The first-order chi connectivity index (χ1) is 8.83. The van der Waals surface area contributed by atoms with Crippen LogP contribution in [0.15, 0.2) is 24.3 Å². The zero-order chi connectivity index (χ0) is 14.3. The number of hydrogen-bond donors (Lipinski definition) is 2. The molecule has 0 heterocycles. The average Bonchev–Trinajstić information content (AvgIpc) is 2.37. The Morgan fingerprint density at radius 3 is 2.53 bits per heavy atom. The van der Waals surface area contributed by atoms with Gasteiger partial charge in [0.05, 0.1) is 0 Å². The van der Waals surface area contributed by atoms with Crippen molar-refractivity contribution in [2.24, 2.45) is 5.92 Å². The van der Waals surface area contributed by atoms with Gasteiger partial charge in [-0.2, -0.15) is 0 Å². The molecule has 0 spiro atoms. The number of halogens is 3. The number of aliphatic hydroxyl groups excluding tert-OH is 2. The second-order valence-corrected chi connectivity index (χ2v) is 5.41. The van der Waals surface area contributed by atoms with Gasteiger partial charge in [-0.15, -0.1) is 0 Å². The van der Waals surface area contributed by atoms with Gasteiger partial charge < -0.3 is 10.2 Å². The highest BCUT2D eigenvalue weighted by Crippen LogP contribution is 2.52. The van der Waals surface area contributed by atoms with Crippen LogP contribution in [0, 0.1) is 11.7 Å². The van der Waals surface area contributed by atoms with Crippen LogP contribution in [0.25, 0.3) is 0 Å². The first kappa shape index (κ1) is 14.3. The minimum Gasteiger partial charge on any atom is -0.390 e. The third-order valence-corrected chi connectivity index (χ3v) is 4.31. The molecule has 1 aliphatic carbocycles. The van der Waals surface area contributed by atoms with Crippen LogP contribution in [0.4, 0.5) is 13.2 Å². The molecule has 3 unspecified atom stereocenters. The maximum atomic E-state index is 13.8. The molecule has 3 atom stereocenters. The molecule has 1 aliphatic rings. The molecule has 0 radical (unpaired) electrons. The Morgan fingerprint density at radius 1 is 1.42 bits per heavy atom. The Balaban J connectivity index is 2.29. The lowest BCUT2D eigenvalue weighted by Gasteiger charge is -2.51. The molecule has 0 aliphatic heterocycles. The third-order valence-electron chi connectivity index (χ3n) is 4.31. The Labute approximate surface area is 109 Å². The van der Waals surface area contributed by atoms with E-state index in [1.807, 2.05) is 0 Å². The molecular formula is C14H17F3O2. The van der Waals surface area contributed by atoms with E-state index in [9.17, 15) is 18.3 Å². The Morgan fingerprint density at radius 2 is 2.05 bits per heavy atom. The number of alkyl halides is 2. The predicted octanol–water partition coefficient (Wildman–Crippen LogP) is 2.48. The van der Waals surface area contributed by atoms with Crippen LogP contribution in [0.5, 0.6) is 0 Å². The number of benzene rings is 1. The fourth-order valence-electron chi connectivity index (χ4n) is 2.90. The van der Waals surface area contributed by atoms with E-state index in [0.29, 0.717) is 18.4 Å². The van der Waals surface area contributed by atoms with Crippen LogP contribution < -0.4 is 0 Å². The van der Waals surface area contributed by atoms with E-state index in [2.05, 4.69) is 0 Å². The summed E-state index contributed by atoms with van der Waals surface area (Å²) < 4.78 is 40.6. The van der Waals surface area contributed by atoms with E-state index in [1.54, 1.807) is 19.1 Å². The largest absolute Gasteiger partial charge is 0.390 e. The molecule has 1 fully saturated rings. The van der Waals surface area contributed by atoms with E-state index in [1.165, 1.54) is 12.1 Å². The van der Waals surface area contributed by atoms with Crippen LogP contribution >= 0.6 is 0 Å². The Kier molecular flexibility index (Phi) is 3.62. The van der Waals surface area contributed by atoms with Gasteiger partial charge in [0, 0.05) is 11.3 Å². The summed E-state index contributed by atoms with van der Waals surface area (Å²) in [4.78, 5) is 0. The molecule has 1 aromatic carbocycles. The SMILES string of the molecule is CC1(c2ccccc2F)CCC1C(O)C(F)(F)CO.